The van der Waals surface area contributed by atoms with Crippen molar-refractivity contribution in [3.63, 3.8) is 0 Å². The number of aliphatic carboxylic acids is 2. The molecule has 1 atom stereocenters. The summed E-state index contributed by atoms with van der Waals surface area (Å²) in [5.74, 6) is -1.29. The lowest BCUT2D eigenvalue weighted by Crippen LogP contribution is -2.40. The summed E-state index contributed by atoms with van der Waals surface area (Å²) >= 11 is 0. The maximum Gasteiger partial charge on any atom is 0.325 e. The first-order valence-corrected chi connectivity index (χ1v) is 10.3. The third-order valence-corrected chi connectivity index (χ3v) is 6.03. The van der Waals surface area contributed by atoms with Crippen LogP contribution in [0.3, 0.4) is 0 Å². The van der Waals surface area contributed by atoms with Crippen molar-refractivity contribution < 1.29 is 19.8 Å². The Kier molecular flexibility index (Phi) is 5.86. The lowest BCUT2D eigenvalue weighted by atomic mass is 9.89. The number of aromatic nitrogens is 1. The van der Waals surface area contributed by atoms with Gasteiger partial charge < -0.3 is 14.8 Å². The third kappa shape index (κ3) is 4.24. The van der Waals surface area contributed by atoms with E-state index >= 15 is 0 Å². The van der Waals surface area contributed by atoms with Crippen LogP contribution >= 0.6 is 0 Å². The zero-order valence-corrected chi connectivity index (χ0v) is 16.8. The summed E-state index contributed by atoms with van der Waals surface area (Å²) in [5.41, 5.74) is 2.74. The molecule has 0 bridgehead atoms. The Morgan fingerprint density at radius 2 is 1.63 bits per heavy atom. The van der Waals surface area contributed by atoms with Gasteiger partial charge in [-0.1, -0.05) is 48.5 Å². The summed E-state index contributed by atoms with van der Waals surface area (Å²) in [5, 5.41) is 20.1. The van der Waals surface area contributed by atoms with E-state index in [1.807, 2.05) is 35.2 Å². The molecule has 30 heavy (non-hydrogen) atoms. The molecule has 0 unspecified atom stereocenters. The standard InChI is InChI=1S/C24H26N2O4/c27-22(28)16-26-15-20(19-8-4-5-9-21(19)26)23(24(29)30)25-12-10-18(11-13-25)14-17-6-2-1-3-7-17/h1-9,15,18,23H,10-14,16H2,(H,27,28)(H,29,30)/t23-/m0/s1. The predicted octanol–water partition coefficient (Wildman–Crippen LogP) is 3.81. The van der Waals surface area contributed by atoms with Gasteiger partial charge in [-0.15, -0.1) is 0 Å². The number of carboxylic acids is 2. The van der Waals surface area contributed by atoms with E-state index < -0.39 is 18.0 Å². The molecule has 0 amide bonds. The summed E-state index contributed by atoms with van der Waals surface area (Å²) < 4.78 is 1.63. The van der Waals surface area contributed by atoms with Gasteiger partial charge in [-0.05, 0) is 49.9 Å². The van der Waals surface area contributed by atoms with Crippen molar-refractivity contribution in [3.05, 3.63) is 71.9 Å². The van der Waals surface area contributed by atoms with Crippen molar-refractivity contribution >= 4 is 22.8 Å². The van der Waals surface area contributed by atoms with Crippen LogP contribution in [0.25, 0.3) is 10.9 Å². The summed E-state index contributed by atoms with van der Waals surface area (Å²) in [7, 11) is 0. The van der Waals surface area contributed by atoms with Crippen LogP contribution in [0.1, 0.15) is 30.0 Å². The highest BCUT2D eigenvalue weighted by molar-refractivity contribution is 5.90. The minimum atomic E-state index is -0.948. The van der Waals surface area contributed by atoms with Gasteiger partial charge in [0.25, 0.3) is 0 Å². The Balaban J connectivity index is 1.55. The molecular formula is C24H26N2O4. The zero-order valence-electron chi connectivity index (χ0n) is 16.8. The number of fused-ring (bicyclic) bond motifs is 1. The Bertz CT molecular complexity index is 1040. The fraction of sp³-hybridized carbons (Fsp3) is 0.333. The molecule has 0 radical (unpaired) electrons. The van der Waals surface area contributed by atoms with Crippen molar-refractivity contribution in [3.8, 4) is 0 Å². The van der Waals surface area contributed by atoms with Gasteiger partial charge in [0.05, 0.1) is 0 Å². The van der Waals surface area contributed by atoms with E-state index in [0.717, 1.165) is 30.2 Å². The highest BCUT2D eigenvalue weighted by Gasteiger charge is 2.33. The number of piperidine rings is 1. The van der Waals surface area contributed by atoms with Crippen LogP contribution < -0.4 is 0 Å². The molecule has 0 aliphatic carbocycles. The van der Waals surface area contributed by atoms with Gasteiger partial charge >= 0.3 is 11.9 Å². The van der Waals surface area contributed by atoms with Gasteiger partial charge in [0, 0.05) is 22.7 Å². The van der Waals surface area contributed by atoms with Crippen molar-refractivity contribution in [1.29, 1.82) is 0 Å². The minimum Gasteiger partial charge on any atom is -0.480 e. The number of para-hydroxylation sites is 1. The maximum atomic E-state index is 12.3. The first kappa shape index (κ1) is 20.2. The van der Waals surface area contributed by atoms with Gasteiger partial charge in [0.2, 0.25) is 0 Å². The first-order valence-electron chi connectivity index (χ1n) is 10.3. The molecule has 2 aromatic carbocycles. The Labute approximate surface area is 175 Å². The normalized spacial score (nSPS) is 16.5. The van der Waals surface area contributed by atoms with Crippen molar-refractivity contribution in [2.24, 2.45) is 5.92 Å². The lowest BCUT2D eigenvalue weighted by molar-refractivity contribution is -0.144. The molecule has 2 N–H and O–H groups in total. The molecule has 0 spiro atoms. The average molecular weight is 406 g/mol. The van der Waals surface area contributed by atoms with Crippen LogP contribution in [-0.4, -0.2) is 44.7 Å². The molecular weight excluding hydrogens is 380 g/mol. The largest absolute Gasteiger partial charge is 0.480 e. The molecule has 4 rings (SSSR count). The number of carbonyl (C=O) groups is 2. The maximum absolute atomic E-state index is 12.3. The van der Waals surface area contributed by atoms with Crippen molar-refractivity contribution in [2.75, 3.05) is 13.1 Å². The monoisotopic (exact) mass is 406 g/mol. The van der Waals surface area contributed by atoms with Crippen molar-refractivity contribution in [1.82, 2.24) is 9.47 Å². The molecule has 0 saturated carbocycles. The number of rotatable bonds is 7. The van der Waals surface area contributed by atoms with Gasteiger partial charge in [-0.2, -0.15) is 0 Å². The van der Waals surface area contributed by atoms with Gasteiger partial charge in [-0.3, -0.25) is 14.5 Å². The molecule has 1 fully saturated rings. The topological polar surface area (TPSA) is 82.8 Å². The molecule has 6 heteroatoms. The summed E-state index contributed by atoms with van der Waals surface area (Å²) in [4.78, 5) is 25.6. The number of hydrogen-bond acceptors (Lipinski definition) is 3. The number of likely N-dealkylation sites (tertiary alicyclic amines) is 1. The fourth-order valence-electron chi connectivity index (χ4n) is 4.62. The van der Waals surface area contributed by atoms with Gasteiger partial charge in [-0.25, -0.2) is 0 Å². The Hall–Kier alpha value is -3.12. The van der Waals surface area contributed by atoms with E-state index in [-0.39, 0.29) is 6.54 Å². The number of nitrogens with zero attached hydrogens (tertiary/aromatic N) is 2. The molecule has 156 valence electrons. The SMILES string of the molecule is O=C(O)Cn1cc([C@@H](C(=O)O)N2CCC(Cc3ccccc3)CC2)c2ccccc21. The van der Waals surface area contributed by atoms with E-state index in [1.165, 1.54) is 5.56 Å². The molecule has 6 nitrogen and oxygen atoms in total. The fourth-order valence-corrected chi connectivity index (χ4v) is 4.62. The van der Waals surface area contributed by atoms with Gasteiger partial charge in [0.15, 0.2) is 0 Å². The van der Waals surface area contributed by atoms with E-state index in [4.69, 9.17) is 0 Å². The average Bonchev–Trinajstić information content (AvgIpc) is 3.08. The van der Waals surface area contributed by atoms with Crippen LogP contribution in [-0.2, 0) is 22.6 Å². The van der Waals surface area contributed by atoms with Gasteiger partial charge in [0.1, 0.15) is 12.6 Å². The second-order valence-corrected chi connectivity index (χ2v) is 8.03. The number of hydrogen-bond donors (Lipinski definition) is 2. The molecule has 1 aromatic heterocycles. The second kappa shape index (κ2) is 8.71. The molecule has 2 heterocycles. The summed E-state index contributed by atoms with van der Waals surface area (Å²) in [6.45, 7) is 1.24. The smallest absolute Gasteiger partial charge is 0.325 e. The third-order valence-electron chi connectivity index (χ3n) is 6.03. The molecule has 1 saturated heterocycles. The first-order chi connectivity index (χ1) is 14.5. The van der Waals surface area contributed by atoms with E-state index in [0.29, 0.717) is 24.6 Å². The van der Waals surface area contributed by atoms with E-state index in [9.17, 15) is 19.8 Å². The summed E-state index contributed by atoms with van der Waals surface area (Å²) in [6, 6.07) is 17.1. The summed E-state index contributed by atoms with van der Waals surface area (Å²) in [6.07, 6.45) is 4.62. The number of carboxylic acid groups (broad SMARTS) is 2. The van der Waals surface area contributed by atoms with Crippen LogP contribution in [0.15, 0.2) is 60.8 Å². The van der Waals surface area contributed by atoms with Crippen LogP contribution in [0.2, 0.25) is 0 Å². The van der Waals surface area contributed by atoms with Crippen molar-refractivity contribution in [2.45, 2.75) is 31.8 Å². The van der Waals surface area contributed by atoms with Crippen LogP contribution in [0.4, 0.5) is 0 Å². The van der Waals surface area contributed by atoms with E-state index in [2.05, 4.69) is 24.3 Å². The van der Waals surface area contributed by atoms with Crippen LogP contribution in [0.5, 0.6) is 0 Å². The Morgan fingerprint density at radius 1 is 0.967 bits per heavy atom. The molecule has 1 aliphatic heterocycles. The van der Waals surface area contributed by atoms with E-state index in [1.54, 1.807) is 10.8 Å². The van der Waals surface area contributed by atoms with Crippen LogP contribution in [0, 0.1) is 5.92 Å². The molecule has 1 aliphatic rings. The Morgan fingerprint density at radius 3 is 2.30 bits per heavy atom. The quantitative estimate of drug-likeness (QED) is 0.624. The highest BCUT2D eigenvalue weighted by Crippen LogP contribution is 2.34. The zero-order chi connectivity index (χ0) is 21.1. The predicted molar refractivity (Wildman–Crippen MR) is 114 cm³/mol. The lowest BCUT2D eigenvalue weighted by Gasteiger charge is -2.35. The number of benzene rings is 2. The molecule has 3 aromatic rings. The second-order valence-electron chi connectivity index (χ2n) is 8.03. The highest BCUT2D eigenvalue weighted by atomic mass is 16.4. The minimum absolute atomic E-state index is 0.188.